The first-order chi connectivity index (χ1) is 14.9. The van der Waals surface area contributed by atoms with Gasteiger partial charge in [-0.05, 0) is 48.7 Å². The maximum atomic E-state index is 13.0. The third kappa shape index (κ3) is 3.22. The fourth-order valence-corrected chi connectivity index (χ4v) is 4.34. The summed E-state index contributed by atoms with van der Waals surface area (Å²) in [6.07, 6.45) is 2.27. The molecule has 1 unspecified atom stereocenters. The molecule has 2 saturated heterocycles. The number of benzene rings is 1. The van der Waals surface area contributed by atoms with Gasteiger partial charge in [-0.3, -0.25) is 29.5 Å². The summed E-state index contributed by atoms with van der Waals surface area (Å²) in [6, 6.07) is 8.23. The van der Waals surface area contributed by atoms with Crippen molar-refractivity contribution in [1.29, 1.82) is 0 Å². The van der Waals surface area contributed by atoms with Gasteiger partial charge < -0.3 is 4.90 Å². The van der Waals surface area contributed by atoms with Crippen molar-refractivity contribution in [3.63, 3.8) is 0 Å². The molecule has 5 rings (SSSR count). The molecule has 2 aromatic rings. The Hall–Kier alpha value is -3.75. The Morgan fingerprint density at radius 3 is 2.58 bits per heavy atom. The molecule has 5 amide bonds. The number of urea groups is 1. The topological polar surface area (TPSA) is 103 Å². The van der Waals surface area contributed by atoms with Crippen LogP contribution < -0.4 is 15.1 Å². The SMILES string of the molecule is Cc1ccc(N2CCN(c3ccc4c(c3)CN(C3CCC(=O)NC3=O)C4=O)C2=O)nc1. The van der Waals surface area contributed by atoms with Crippen molar-refractivity contribution in [2.45, 2.75) is 32.4 Å². The second kappa shape index (κ2) is 7.19. The molecule has 31 heavy (non-hydrogen) atoms. The minimum Gasteiger partial charge on any atom is -0.322 e. The van der Waals surface area contributed by atoms with Crippen LogP contribution in [0.5, 0.6) is 0 Å². The lowest BCUT2D eigenvalue weighted by Crippen LogP contribution is -2.52. The van der Waals surface area contributed by atoms with E-state index in [9.17, 15) is 19.2 Å². The summed E-state index contributed by atoms with van der Waals surface area (Å²) in [6.45, 7) is 3.25. The van der Waals surface area contributed by atoms with Crippen LogP contribution >= 0.6 is 0 Å². The number of imide groups is 1. The quantitative estimate of drug-likeness (QED) is 0.762. The van der Waals surface area contributed by atoms with E-state index in [2.05, 4.69) is 10.3 Å². The summed E-state index contributed by atoms with van der Waals surface area (Å²) in [5, 5.41) is 2.30. The van der Waals surface area contributed by atoms with Gasteiger partial charge >= 0.3 is 6.03 Å². The Bertz CT molecular complexity index is 1110. The molecule has 0 aliphatic carbocycles. The van der Waals surface area contributed by atoms with E-state index >= 15 is 0 Å². The summed E-state index contributed by atoms with van der Waals surface area (Å²) >= 11 is 0. The minimum absolute atomic E-state index is 0.164. The number of aryl methyl sites for hydroxylation is 1. The van der Waals surface area contributed by atoms with Crippen LogP contribution in [0.4, 0.5) is 16.3 Å². The largest absolute Gasteiger partial charge is 0.330 e. The highest BCUT2D eigenvalue weighted by Crippen LogP contribution is 2.32. The number of amides is 5. The van der Waals surface area contributed by atoms with Crippen molar-refractivity contribution in [2.24, 2.45) is 0 Å². The molecule has 0 saturated carbocycles. The second-order valence-corrected chi connectivity index (χ2v) is 8.02. The van der Waals surface area contributed by atoms with E-state index < -0.39 is 11.9 Å². The zero-order chi connectivity index (χ0) is 21.7. The standard InChI is InChI=1S/C22H21N5O4/c1-13-2-6-18(23-11-13)26-9-8-25(22(26)31)15-3-4-16-14(10-15)12-27(21(16)30)17-5-7-19(28)24-20(17)29/h2-4,6,10-11,17H,5,7-9,12H2,1H3,(H,24,28,29). The number of piperidine rings is 1. The predicted molar refractivity (Wildman–Crippen MR) is 112 cm³/mol. The third-order valence-corrected chi connectivity index (χ3v) is 6.00. The van der Waals surface area contributed by atoms with Gasteiger partial charge in [0.15, 0.2) is 0 Å². The van der Waals surface area contributed by atoms with Crippen molar-refractivity contribution in [3.8, 4) is 0 Å². The van der Waals surface area contributed by atoms with Crippen LogP contribution in [0.3, 0.4) is 0 Å². The number of anilines is 2. The zero-order valence-electron chi connectivity index (χ0n) is 17.0. The Morgan fingerprint density at radius 1 is 1.03 bits per heavy atom. The number of nitrogens with one attached hydrogen (secondary N) is 1. The maximum absolute atomic E-state index is 13.0. The lowest BCUT2D eigenvalue weighted by Gasteiger charge is -2.29. The first-order valence-corrected chi connectivity index (χ1v) is 10.2. The molecule has 3 aliphatic rings. The van der Waals surface area contributed by atoms with Gasteiger partial charge in [-0.25, -0.2) is 9.78 Å². The number of pyridine rings is 1. The molecule has 0 bridgehead atoms. The summed E-state index contributed by atoms with van der Waals surface area (Å²) in [7, 11) is 0. The molecule has 1 atom stereocenters. The minimum atomic E-state index is -0.655. The van der Waals surface area contributed by atoms with Crippen LogP contribution in [-0.2, 0) is 16.1 Å². The van der Waals surface area contributed by atoms with Gasteiger partial charge in [-0.1, -0.05) is 6.07 Å². The maximum Gasteiger partial charge on any atom is 0.330 e. The molecule has 1 aromatic heterocycles. The van der Waals surface area contributed by atoms with E-state index in [0.29, 0.717) is 36.6 Å². The van der Waals surface area contributed by atoms with Crippen molar-refractivity contribution in [2.75, 3.05) is 22.9 Å². The molecule has 1 N–H and O–H groups in total. The lowest BCUT2D eigenvalue weighted by molar-refractivity contribution is -0.136. The third-order valence-electron chi connectivity index (χ3n) is 6.00. The number of hydrogen-bond donors (Lipinski definition) is 1. The Morgan fingerprint density at radius 2 is 1.84 bits per heavy atom. The molecule has 9 heteroatoms. The van der Waals surface area contributed by atoms with Gasteiger partial charge in [0.25, 0.3) is 5.91 Å². The van der Waals surface area contributed by atoms with Crippen molar-refractivity contribution in [1.82, 2.24) is 15.2 Å². The van der Waals surface area contributed by atoms with Crippen LogP contribution in [0, 0.1) is 6.92 Å². The smallest absolute Gasteiger partial charge is 0.322 e. The molecule has 4 heterocycles. The van der Waals surface area contributed by atoms with E-state index in [1.807, 2.05) is 25.1 Å². The average molecular weight is 419 g/mol. The van der Waals surface area contributed by atoms with Gasteiger partial charge in [0, 0.05) is 43.5 Å². The van der Waals surface area contributed by atoms with Crippen molar-refractivity contribution >= 4 is 35.3 Å². The number of fused-ring (bicyclic) bond motifs is 1. The molecule has 1 aromatic carbocycles. The lowest BCUT2D eigenvalue weighted by atomic mass is 10.0. The summed E-state index contributed by atoms with van der Waals surface area (Å²) in [5.41, 5.74) is 3.02. The van der Waals surface area contributed by atoms with Crippen molar-refractivity contribution in [3.05, 3.63) is 53.2 Å². The van der Waals surface area contributed by atoms with E-state index in [0.717, 1.165) is 11.1 Å². The van der Waals surface area contributed by atoms with Gasteiger partial charge in [0.1, 0.15) is 11.9 Å². The van der Waals surface area contributed by atoms with Crippen LogP contribution in [0.1, 0.15) is 34.3 Å². The Labute approximate surface area is 178 Å². The summed E-state index contributed by atoms with van der Waals surface area (Å²) < 4.78 is 0. The van der Waals surface area contributed by atoms with E-state index in [-0.39, 0.29) is 30.8 Å². The Kier molecular flexibility index (Phi) is 4.46. The summed E-state index contributed by atoms with van der Waals surface area (Å²) in [5.74, 6) is -0.366. The van der Waals surface area contributed by atoms with E-state index in [4.69, 9.17) is 0 Å². The summed E-state index contributed by atoms with van der Waals surface area (Å²) in [4.78, 5) is 58.6. The number of carbonyl (C=O) groups excluding carboxylic acids is 4. The average Bonchev–Trinajstić information content (AvgIpc) is 3.28. The first kappa shape index (κ1) is 19.2. The predicted octanol–water partition coefficient (Wildman–Crippen LogP) is 1.60. The first-order valence-electron chi connectivity index (χ1n) is 10.2. The molecular weight excluding hydrogens is 398 g/mol. The van der Waals surface area contributed by atoms with Crippen molar-refractivity contribution < 1.29 is 19.2 Å². The number of hydrogen-bond acceptors (Lipinski definition) is 5. The monoisotopic (exact) mass is 419 g/mol. The molecule has 2 fully saturated rings. The number of nitrogens with zero attached hydrogens (tertiary/aromatic N) is 4. The molecule has 3 aliphatic heterocycles. The second-order valence-electron chi connectivity index (χ2n) is 8.02. The molecule has 0 spiro atoms. The number of aromatic nitrogens is 1. The van der Waals surface area contributed by atoms with E-state index in [1.54, 1.807) is 28.1 Å². The molecule has 9 nitrogen and oxygen atoms in total. The Balaban J connectivity index is 1.36. The van der Waals surface area contributed by atoms with Crippen LogP contribution in [0.15, 0.2) is 36.5 Å². The van der Waals surface area contributed by atoms with E-state index in [1.165, 1.54) is 4.90 Å². The van der Waals surface area contributed by atoms with Gasteiger partial charge in [0.05, 0.1) is 0 Å². The van der Waals surface area contributed by atoms with Crippen LogP contribution in [0.2, 0.25) is 0 Å². The molecule has 158 valence electrons. The molecule has 0 radical (unpaired) electrons. The van der Waals surface area contributed by atoms with Gasteiger partial charge in [-0.15, -0.1) is 0 Å². The fourth-order valence-electron chi connectivity index (χ4n) is 4.34. The fraction of sp³-hybridized carbons (Fsp3) is 0.318. The number of carbonyl (C=O) groups is 4. The van der Waals surface area contributed by atoms with Gasteiger partial charge in [0.2, 0.25) is 11.8 Å². The van der Waals surface area contributed by atoms with Gasteiger partial charge in [-0.2, -0.15) is 0 Å². The normalized spacial score (nSPS) is 21.1. The highest BCUT2D eigenvalue weighted by Gasteiger charge is 2.40. The molecular formula is C22H21N5O4. The van der Waals surface area contributed by atoms with Crippen LogP contribution in [-0.4, -0.2) is 52.8 Å². The van der Waals surface area contributed by atoms with Crippen LogP contribution in [0.25, 0.3) is 0 Å². The highest BCUT2D eigenvalue weighted by molar-refractivity contribution is 6.07. The zero-order valence-corrected chi connectivity index (χ0v) is 17.0. The highest BCUT2D eigenvalue weighted by atomic mass is 16.2. The number of rotatable bonds is 3.